The van der Waals surface area contributed by atoms with E-state index >= 15 is 0 Å². The third kappa shape index (κ3) is 4.77. The van der Waals surface area contributed by atoms with Crippen molar-refractivity contribution in [2.24, 2.45) is 0 Å². The fourth-order valence-electron chi connectivity index (χ4n) is 4.74. The Hall–Kier alpha value is -3.14. The summed E-state index contributed by atoms with van der Waals surface area (Å²) in [5.74, 6) is 0.149. The molecule has 2 heterocycles. The second-order valence-corrected chi connectivity index (χ2v) is 11.7. The van der Waals surface area contributed by atoms with E-state index in [0.717, 1.165) is 43.5 Å². The molecule has 0 atom stereocenters. The molecule has 0 aliphatic heterocycles. The summed E-state index contributed by atoms with van der Waals surface area (Å²) in [5.41, 5.74) is -5.60. The molecule has 0 N–H and O–H groups in total. The van der Waals surface area contributed by atoms with Gasteiger partial charge < -0.3 is 8.83 Å². The van der Waals surface area contributed by atoms with Crippen LogP contribution in [0.5, 0.6) is 0 Å². The van der Waals surface area contributed by atoms with Crippen LogP contribution in [-0.2, 0) is 5.41 Å². The second kappa shape index (κ2) is 10.00. The van der Waals surface area contributed by atoms with Crippen molar-refractivity contribution in [3.63, 3.8) is 0 Å². The van der Waals surface area contributed by atoms with Gasteiger partial charge in [0.05, 0.1) is 0 Å². The van der Waals surface area contributed by atoms with E-state index in [1.54, 1.807) is 48.5 Å². The molecule has 0 amide bonds. The van der Waals surface area contributed by atoms with Crippen LogP contribution >= 0.6 is 45.2 Å². The molecule has 4 aromatic carbocycles. The Labute approximate surface area is 255 Å². The van der Waals surface area contributed by atoms with E-state index in [2.05, 4.69) is 55.1 Å². The predicted octanol–water partition coefficient (Wildman–Crippen LogP) is 9.92. The molecule has 0 aliphatic carbocycles. The van der Waals surface area contributed by atoms with Crippen molar-refractivity contribution >= 4 is 67.4 Å². The average Bonchev–Trinajstić information content (AvgIpc) is 3.52. The maximum Gasteiger partial charge on any atom is 0.411 e. The molecule has 0 radical (unpaired) electrons. The summed E-state index contributed by atoms with van der Waals surface area (Å²) in [5, 5.41) is 0. The number of hydrogen-bond acceptors (Lipinski definition) is 4. The highest BCUT2D eigenvalue weighted by molar-refractivity contribution is 14.1. The summed E-state index contributed by atoms with van der Waals surface area (Å²) in [6, 6.07) is 19.1. The molecule has 208 valence electrons. The number of nitrogens with zero attached hydrogens (tertiary/aromatic N) is 2. The molecular formula is C29H14F6I2N2O2. The minimum atomic E-state index is -5.78. The molecule has 0 bridgehead atoms. The normalized spacial score (nSPS) is 12.9. The van der Waals surface area contributed by atoms with Crippen molar-refractivity contribution in [2.45, 2.75) is 17.8 Å². The molecule has 41 heavy (non-hydrogen) atoms. The lowest BCUT2D eigenvalue weighted by atomic mass is 9.72. The number of rotatable bonds is 4. The summed E-state index contributed by atoms with van der Waals surface area (Å²) in [6.45, 7) is 0. The van der Waals surface area contributed by atoms with E-state index in [9.17, 15) is 26.3 Å². The van der Waals surface area contributed by atoms with Gasteiger partial charge in [0.25, 0.3) is 0 Å². The first-order chi connectivity index (χ1) is 19.4. The molecule has 6 aromatic rings. The maximum atomic E-state index is 14.8. The van der Waals surface area contributed by atoms with Gasteiger partial charge in [-0.25, -0.2) is 9.97 Å². The number of halogens is 8. The molecule has 12 heteroatoms. The quantitative estimate of drug-likeness (QED) is 0.132. The molecule has 0 fully saturated rings. The zero-order valence-corrected chi connectivity index (χ0v) is 24.6. The number of hydrogen-bond donors (Lipinski definition) is 0. The van der Waals surface area contributed by atoms with E-state index < -0.39 is 28.9 Å². The van der Waals surface area contributed by atoms with Crippen LogP contribution in [0, 0.1) is 7.14 Å². The summed E-state index contributed by atoms with van der Waals surface area (Å²) >= 11 is 4.20. The maximum absolute atomic E-state index is 14.8. The highest BCUT2D eigenvalue weighted by atomic mass is 127. The van der Waals surface area contributed by atoms with Gasteiger partial charge in [-0.1, -0.05) is 12.1 Å². The largest absolute Gasteiger partial charge is 0.436 e. The van der Waals surface area contributed by atoms with Crippen molar-refractivity contribution in [2.75, 3.05) is 0 Å². The van der Waals surface area contributed by atoms with Crippen molar-refractivity contribution in [3.05, 3.63) is 103 Å². The lowest BCUT2D eigenvalue weighted by Gasteiger charge is -2.38. The highest BCUT2D eigenvalue weighted by Crippen LogP contribution is 2.56. The van der Waals surface area contributed by atoms with Gasteiger partial charge in [-0.15, -0.1) is 0 Å². The standard InChI is InChI=1S/C29H14F6I2N2O2/c30-28(31,32)27(29(33,34)35,17-5-11-23-21(13-17)38-25(40-23)15-1-7-19(36)8-2-15)18-6-12-24-22(14-18)39-26(41-24)16-3-9-20(37)10-4-16/h1-14H. The molecule has 0 saturated carbocycles. The smallest absolute Gasteiger partial charge is 0.411 e. The summed E-state index contributed by atoms with van der Waals surface area (Å²) in [7, 11) is 0. The zero-order chi connectivity index (χ0) is 29.2. The fourth-order valence-corrected chi connectivity index (χ4v) is 5.45. The summed E-state index contributed by atoms with van der Waals surface area (Å²) in [6.07, 6.45) is -11.6. The fraction of sp³-hybridized carbons (Fsp3) is 0.103. The molecular weight excluding hydrogens is 776 g/mol. The first kappa shape index (κ1) is 28.0. The first-order valence-corrected chi connectivity index (χ1v) is 14.0. The van der Waals surface area contributed by atoms with Crippen LogP contribution in [-0.4, -0.2) is 22.3 Å². The van der Waals surface area contributed by atoms with Crippen LogP contribution < -0.4 is 0 Å². The topological polar surface area (TPSA) is 52.1 Å². The second-order valence-electron chi connectivity index (χ2n) is 9.16. The number of alkyl halides is 6. The number of aromatic nitrogens is 2. The highest BCUT2D eigenvalue weighted by Gasteiger charge is 2.72. The van der Waals surface area contributed by atoms with Gasteiger partial charge in [-0.2, -0.15) is 26.3 Å². The molecule has 0 saturated heterocycles. The third-order valence-electron chi connectivity index (χ3n) is 6.67. The van der Waals surface area contributed by atoms with Gasteiger partial charge >= 0.3 is 12.4 Å². The monoisotopic (exact) mass is 790 g/mol. The van der Waals surface area contributed by atoms with E-state index in [1.807, 2.05) is 0 Å². The van der Waals surface area contributed by atoms with Crippen LogP contribution in [0.1, 0.15) is 11.1 Å². The van der Waals surface area contributed by atoms with Crippen LogP contribution in [0.2, 0.25) is 0 Å². The molecule has 4 nitrogen and oxygen atoms in total. The van der Waals surface area contributed by atoms with Gasteiger partial charge in [-0.05, 0) is 129 Å². The minimum absolute atomic E-state index is 0.0506. The van der Waals surface area contributed by atoms with Crippen LogP contribution in [0.15, 0.2) is 93.8 Å². The minimum Gasteiger partial charge on any atom is -0.436 e. The number of fused-ring (bicyclic) bond motifs is 2. The lowest BCUT2D eigenvalue weighted by molar-refractivity contribution is -0.288. The van der Waals surface area contributed by atoms with Gasteiger partial charge in [0.15, 0.2) is 11.2 Å². The summed E-state index contributed by atoms with van der Waals surface area (Å²) < 4.78 is 102. The predicted molar refractivity (Wildman–Crippen MR) is 157 cm³/mol. The van der Waals surface area contributed by atoms with Gasteiger partial charge in [0, 0.05) is 18.3 Å². The van der Waals surface area contributed by atoms with E-state index in [1.165, 1.54) is 0 Å². The van der Waals surface area contributed by atoms with Crippen molar-refractivity contribution in [3.8, 4) is 22.9 Å². The zero-order valence-electron chi connectivity index (χ0n) is 20.3. The Morgan fingerprint density at radius 3 is 1.22 bits per heavy atom. The SMILES string of the molecule is FC(F)(F)C(c1ccc2oc(-c3ccc(I)cc3)nc2c1)(c1ccc2oc(-c3ccc(I)cc3)nc2c1)C(F)(F)F. The molecule has 0 spiro atoms. The van der Waals surface area contributed by atoms with Gasteiger partial charge in [0.2, 0.25) is 17.2 Å². The van der Waals surface area contributed by atoms with Crippen molar-refractivity contribution < 1.29 is 35.2 Å². The van der Waals surface area contributed by atoms with Crippen LogP contribution in [0.4, 0.5) is 26.3 Å². The number of oxazole rings is 2. The molecule has 0 unspecified atom stereocenters. The number of benzene rings is 4. The lowest BCUT2D eigenvalue weighted by Crippen LogP contribution is -2.54. The Bertz CT molecular complexity index is 1750. The summed E-state index contributed by atoms with van der Waals surface area (Å²) in [4.78, 5) is 8.41. The Balaban J connectivity index is 1.53. The van der Waals surface area contributed by atoms with E-state index in [-0.39, 0.29) is 34.0 Å². The first-order valence-electron chi connectivity index (χ1n) is 11.8. The van der Waals surface area contributed by atoms with Gasteiger partial charge in [-0.3, -0.25) is 0 Å². The van der Waals surface area contributed by atoms with Crippen LogP contribution in [0.25, 0.3) is 45.1 Å². The Morgan fingerprint density at radius 2 is 0.878 bits per heavy atom. The van der Waals surface area contributed by atoms with E-state index in [0.29, 0.717) is 11.1 Å². The van der Waals surface area contributed by atoms with Crippen molar-refractivity contribution in [1.29, 1.82) is 0 Å². The third-order valence-corrected chi connectivity index (χ3v) is 8.11. The molecule has 6 rings (SSSR count). The Morgan fingerprint density at radius 1 is 0.512 bits per heavy atom. The Kier molecular flexibility index (Phi) is 6.83. The van der Waals surface area contributed by atoms with E-state index in [4.69, 9.17) is 8.83 Å². The van der Waals surface area contributed by atoms with Crippen LogP contribution in [0.3, 0.4) is 0 Å². The molecule has 2 aromatic heterocycles. The van der Waals surface area contributed by atoms with Gasteiger partial charge in [0.1, 0.15) is 11.0 Å². The van der Waals surface area contributed by atoms with Crippen molar-refractivity contribution in [1.82, 2.24) is 9.97 Å². The molecule has 0 aliphatic rings. The average molecular weight is 790 g/mol.